The summed E-state index contributed by atoms with van der Waals surface area (Å²) in [5.41, 5.74) is 3.66. The highest BCUT2D eigenvalue weighted by Gasteiger charge is 2.40. The van der Waals surface area contributed by atoms with Crippen molar-refractivity contribution in [2.45, 2.75) is 25.6 Å². The fourth-order valence-corrected chi connectivity index (χ4v) is 4.79. The predicted octanol–water partition coefficient (Wildman–Crippen LogP) is 3.15. The number of benzene rings is 2. The van der Waals surface area contributed by atoms with E-state index >= 15 is 0 Å². The number of amides is 2. The van der Waals surface area contributed by atoms with E-state index in [1.54, 1.807) is 28.6 Å². The van der Waals surface area contributed by atoms with Crippen molar-refractivity contribution in [3.05, 3.63) is 76.1 Å². The average molecular weight is 481 g/mol. The molecular formula is C25H25ClN4O4. The topological polar surface area (TPSA) is 76.9 Å². The number of halogens is 1. The Labute approximate surface area is 202 Å². The monoisotopic (exact) mass is 480 g/mol. The molecule has 8 nitrogen and oxygen atoms in total. The maximum Gasteiger partial charge on any atom is 0.275 e. The summed E-state index contributed by atoms with van der Waals surface area (Å²) in [7, 11) is 3.33. The largest absolute Gasteiger partial charge is 0.489 e. The van der Waals surface area contributed by atoms with E-state index in [1.807, 2.05) is 48.5 Å². The first-order valence-corrected chi connectivity index (χ1v) is 11.5. The maximum atomic E-state index is 13.5. The van der Waals surface area contributed by atoms with Gasteiger partial charge in [0.05, 0.1) is 18.8 Å². The lowest BCUT2D eigenvalue weighted by atomic mass is 10.0. The van der Waals surface area contributed by atoms with E-state index in [1.165, 1.54) is 0 Å². The van der Waals surface area contributed by atoms with Crippen LogP contribution >= 0.6 is 11.6 Å². The van der Waals surface area contributed by atoms with E-state index in [-0.39, 0.29) is 18.4 Å². The zero-order chi connectivity index (χ0) is 23.8. The third kappa shape index (κ3) is 3.93. The standard InChI is InChI=1S/C25H25ClN4O4/c1-28-19-9-8-17(14-33-2)12-21(19)34-15-20(24(28)31)29-11-10-18-22(25(29)32)27-30(23(18)26)13-16-6-4-3-5-7-16/h3-9,12,20H,10-11,13-15H2,1-2H3/t20-/m0/s1. The van der Waals surface area contributed by atoms with Gasteiger partial charge in [0, 0.05) is 26.3 Å². The highest BCUT2D eigenvalue weighted by Crippen LogP contribution is 2.34. The van der Waals surface area contributed by atoms with Crippen LogP contribution in [0.4, 0.5) is 5.69 Å². The van der Waals surface area contributed by atoms with Crippen LogP contribution in [0, 0.1) is 0 Å². The SMILES string of the molecule is COCc1ccc2c(c1)OC[C@H](N1CCc3c(nn(Cc4ccccc4)c3Cl)C1=O)C(=O)N2C. The zero-order valence-corrected chi connectivity index (χ0v) is 19.8. The number of aromatic nitrogens is 2. The van der Waals surface area contributed by atoms with Crippen LogP contribution in [0.25, 0.3) is 0 Å². The van der Waals surface area contributed by atoms with Crippen LogP contribution in [-0.2, 0) is 29.1 Å². The zero-order valence-electron chi connectivity index (χ0n) is 19.0. The second kappa shape index (κ2) is 9.12. The number of carbonyl (C=O) groups excluding carboxylic acids is 2. The average Bonchev–Trinajstić information content (AvgIpc) is 3.10. The summed E-state index contributed by atoms with van der Waals surface area (Å²) >= 11 is 6.59. The summed E-state index contributed by atoms with van der Waals surface area (Å²) in [6.07, 6.45) is 0.521. The van der Waals surface area contributed by atoms with Crippen molar-refractivity contribution >= 4 is 29.1 Å². The minimum atomic E-state index is -0.762. The molecule has 0 aliphatic carbocycles. The van der Waals surface area contributed by atoms with Gasteiger partial charge in [-0.2, -0.15) is 5.10 Å². The molecule has 3 heterocycles. The summed E-state index contributed by atoms with van der Waals surface area (Å²) in [4.78, 5) is 29.9. The van der Waals surface area contributed by atoms with Crippen molar-refractivity contribution in [1.82, 2.24) is 14.7 Å². The molecule has 0 saturated carbocycles. The van der Waals surface area contributed by atoms with Crippen molar-refractivity contribution in [2.75, 3.05) is 32.2 Å². The molecular weight excluding hydrogens is 456 g/mol. The van der Waals surface area contributed by atoms with Gasteiger partial charge in [-0.25, -0.2) is 4.68 Å². The van der Waals surface area contributed by atoms with E-state index in [2.05, 4.69) is 5.10 Å². The summed E-state index contributed by atoms with van der Waals surface area (Å²) in [6.45, 7) is 1.33. The molecule has 2 aromatic carbocycles. The summed E-state index contributed by atoms with van der Waals surface area (Å²) in [5.74, 6) is 0.0782. The molecule has 0 spiro atoms. The number of ether oxygens (including phenoxy) is 2. The number of hydrogen-bond donors (Lipinski definition) is 0. The van der Waals surface area contributed by atoms with E-state index in [0.29, 0.717) is 48.4 Å². The first kappa shape index (κ1) is 22.4. The number of methoxy groups -OCH3 is 1. The number of fused-ring (bicyclic) bond motifs is 2. The highest BCUT2D eigenvalue weighted by atomic mass is 35.5. The van der Waals surface area contributed by atoms with Crippen molar-refractivity contribution in [1.29, 1.82) is 0 Å². The first-order chi connectivity index (χ1) is 16.5. The Hall–Kier alpha value is -3.36. The lowest BCUT2D eigenvalue weighted by Gasteiger charge is -2.33. The van der Waals surface area contributed by atoms with Crippen molar-refractivity contribution in [2.24, 2.45) is 0 Å². The molecule has 3 aromatic rings. The van der Waals surface area contributed by atoms with Crippen LogP contribution < -0.4 is 9.64 Å². The van der Waals surface area contributed by atoms with Crippen molar-refractivity contribution in [3.8, 4) is 5.75 Å². The second-order valence-electron chi connectivity index (χ2n) is 8.47. The highest BCUT2D eigenvalue weighted by molar-refractivity contribution is 6.31. The van der Waals surface area contributed by atoms with Crippen LogP contribution in [0.2, 0.25) is 5.15 Å². The van der Waals surface area contributed by atoms with E-state index in [0.717, 1.165) is 16.7 Å². The van der Waals surface area contributed by atoms with Gasteiger partial charge in [-0.15, -0.1) is 0 Å². The van der Waals surface area contributed by atoms with Gasteiger partial charge < -0.3 is 19.3 Å². The number of rotatable bonds is 5. The smallest absolute Gasteiger partial charge is 0.275 e. The van der Waals surface area contributed by atoms with Gasteiger partial charge >= 0.3 is 0 Å². The Morgan fingerprint density at radius 3 is 2.71 bits per heavy atom. The number of carbonyl (C=O) groups is 2. The van der Waals surface area contributed by atoms with E-state index in [4.69, 9.17) is 21.1 Å². The third-order valence-electron chi connectivity index (χ3n) is 6.31. The number of hydrogen-bond acceptors (Lipinski definition) is 5. The molecule has 5 rings (SSSR count). The Morgan fingerprint density at radius 1 is 1.15 bits per heavy atom. The van der Waals surface area contributed by atoms with Crippen LogP contribution in [-0.4, -0.2) is 59.8 Å². The molecule has 2 amide bonds. The summed E-state index contributed by atoms with van der Waals surface area (Å²) < 4.78 is 12.9. The molecule has 0 bridgehead atoms. The molecule has 2 aliphatic heterocycles. The molecule has 1 aromatic heterocycles. The normalized spacial score (nSPS) is 17.8. The molecule has 34 heavy (non-hydrogen) atoms. The minimum absolute atomic E-state index is 0.0616. The van der Waals surface area contributed by atoms with Crippen molar-refractivity contribution < 1.29 is 19.1 Å². The van der Waals surface area contributed by atoms with Gasteiger partial charge in [-0.1, -0.05) is 48.0 Å². The van der Waals surface area contributed by atoms with Gasteiger partial charge in [-0.3, -0.25) is 9.59 Å². The Bertz CT molecular complexity index is 1240. The molecule has 9 heteroatoms. The Morgan fingerprint density at radius 2 is 1.94 bits per heavy atom. The molecule has 176 valence electrons. The molecule has 0 radical (unpaired) electrons. The minimum Gasteiger partial charge on any atom is -0.489 e. The van der Waals surface area contributed by atoms with Gasteiger partial charge in [0.2, 0.25) is 0 Å². The van der Waals surface area contributed by atoms with Gasteiger partial charge in [-0.05, 0) is 29.7 Å². The van der Waals surface area contributed by atoms with Crippen LogP contribution in [0.15, 0.2) is 48.5 Å². The number of nitrogens with zero attached hydrogens (tertiary/aromatic N) is 4. The van der Waals surface area contributed by atoms with E-state index in [9.17, 15) is 9.59 Å². The van der Waals surface area contributed by atoms with E-state index < -0.39 is 6.04 Å². The van der Waals surface area contributed by atoms with Gasteiger partial charge in [0.1, 0.15) is 23.6 Å². The molecule has 1 atom stereocenters. The lowest BCUT2D eigenvalue weighted by molar-refractivity contribution is -0.123. The maximum absolute atomic E-state index is 13.5. The number of likely N-dealkylation sites (N-methyl/N-ethyl adjacent to an activating group) is 1. The molecule has 2 aliphatic rings. The first-order valence-electron chi connectivity index (χ1n) is 11.1. The lowest BCUT2D eigenvalue weighted by Crippen LogP contribution is -2.54. The van der Waals surface area contributed by atoms with Gasteiger partial charge in [0.25, 0.3) is 11.8 Å². The molecule has 0 saturated heterocycles. The predicted molar refractivity (Wildman–Crippen MR) is 127 cm³/mol. The Balaban J connectivity index is 1.40. The quantitative estimate of drug-likeness (QED) is 0.560. The van der Waals surface area contributed by atoms with Gasteiger partial charge in [0.15, 0.2) is 5.69 Å². The fraction of sp³-hybridized carbons (Fsp3) is 0.320. The van der Waals surface area contributed by atoms with Crippen molar-refractivity contribution in [3.63, 3.8) is 0 Å². The van der Waals surface area contributed by atoms with Crippen LogP contribution in [0.5, 0.6) is 5.75 Å². The summed E-state index contributed by atoms with van der Waals surface area (Å²) in [5, 5.41) is 4.99. The number of anilines is 1. The Kier molecular flexibility index (Phi) is 6.02. The summed E-state index contributed by atoms with van der Waals surface area (Å²) in [6, 6.07) is 14.7. The molecule has 0 fully saturated rings. The van der Waals surface area contributed by atoms with Crippen LogP contribution in [0.3, 0.4) is 0 Å². The van der Waals surface area contributed by atoms with Crippen LogP contribution in [0.1, 0.15) is 27.2 Å². The second-order valence-corrected chi connectivity index (χ2v) is 8.83. The third-order valence-corrected chi connectivity index (χ3v) is 6.73. The molecule has 0 N–H and O–H groups in total. The molecule has 0 unspecified atom stereocenters. The fourth-order valence-electron chi connectivity index (χ4n) is 4.51.